The Labute approximate surface area is 132 Å². The smallest absolute Gasteiger partial charge is 0.363 e. The van der Waals surface area contributed by atoms with E-state index in [1.54, 1.807) is 18.2 Å². The second-order valence-corrected chi connectivity index (χ2v) is 4.85. The maximum Gasteiger partial charge on any atom is 0.363 e. The highest BCUT2D eigenvalue weighted by molar-refractivity contribution is 6.12. The van der Waals surface area contributed by atoms with Crippen molar-refractivity contribution in [3.05, 3.63) is 71.2 Å². The largest absolute Gasteiger partial charge is 0.494 e. The molecule has 0 N–H and O–H groups in total. The van der Waals surface area contributed by atoms with E-state index < -0.39 is 11.8 Å². The van der Waals surface area contributed by atoms with Crippen molar-refractivity contribution >= 4 is 17.9 Å². The molecule has 0 amide bonds. The van der Waals surface area contributed by atoms with Gasteiger partial charge in [-0.15, -0.1) is 0 Å². The van der Waals surface area contributed by atoms with Crippen LogP contribution in [0.25, 0.3) is 6.08 Å². The van der Waals surface area contributed by atoms with Gasteiger partial charge in [0.1, 0.15) is 11.6 Å². The standard InChI is InChI=1S/C18H14FNO3/c1-2-22-15-8-3-5-12(9-15)10-16-18(21)23-17(20-16)13-6-4-7-14(19)11-13/h3-11H,2H2,1H3. The van der Waals surface area contributed by atoms with E-state index in [0.29, 0.717) is 17.9 Å². The summed E-state index contributed by atoms with van der Waals surface area (Å²) < 4.78 is 23.8. The lowest BCUT2D eigenvalue weighted by Crippen LogP contribution is -2.05. The van der Waals surface area contributed by atoms with Gasteiger partial charge in [0.15, 0.2) is 5.70 Å². The summed E-state index contributed by atoms with van der Waals surface area (Å²) in [6, 6.07) is 13.1. The number of aliphatic imine (C=N–C) groups is 1. The van der Waals surface area contributed by atoms with Crippen molar-refractivity contribution < 1.29 is 18.7 Å². The van der Waals surface area contributed by atoms with E-state index in [2.05, 4.69) is 4.99 Å². The molecule has 23 heavy (non-hydrogen) atoms. The third kappa shape index (κ3) is 3.45. The topological polar surface area (TPSA) is 47.9 Å². The Kier molecular flexibility index (Phi) is 4.19. The van der Waals surface area contributed by atoms with E-state index in [1.807, 2.05) is 25.1 Å². The molecule has 3 rings (SSSR count). The van der Waals surface area contributed by atoms with Crippen LogP contribution < -0.4 is 4.74 Å². The van der Waals surface area contributed by atoms with Crippen molar-refractivity contribution in [3.63, 3.8) is 0 Å². The van der Waals surface area contributed by atoms with Gasteiger partial charge in [0.05, 0.1) is 6.61 Å². The van der Waals surface area contributed by atoms with Crippen molar-refractivity contribution in [3.8, 4) is 5.75 Å². The second-order valence-electron chi connectivity index (χ2n) is 4.85. The van der Waals surface area contributed by atoms with E-state index in [9.17, 15) is 9.18 Å². The number of hydrogen-bond acceptors (Lipinski definition) is 4. The average molecular weight is 311 g/mol. The highest BCUT2D eigenvalue weighted by atomic mass is 19.1. The van der Waals surface area contributed by atoms with E-state index in [1.165, 1.54) is 18.2 Å². The Morgan fingerprint density at radius 1 is 1.22 bits per heavy atom. The van der Waals surface area contributed by atoms with Crippen LogP contribution in [0.3, 0.4) is 0 Å². The SMILES string of the molecule is CCOc1cccc(C=C2N=C(c3cccc(F)c3)OC2=O)c1. The van der Waals surface area contributed by atoms with Gasteiger partial charge in [0.2, 0.25) is 5.90 Å². The monoisotopic (exact) mass is 311 g/mol. The van der Waals surface area contributed by atoms with Crippen LogP contribution in [0, 0.1) is 5.82 Å². The van der Waals surface area contributed by atoms with Crippen LogP contribution in [0.2, 0.25) is 0 Å². The molecule has 0 bridgehead atoms. The van der Waals surface area contributed by atoms with E-state index in [4.69, 9.17) is 9.47 Å². The molecule has 1 aliphatic heterocycles. The summed E-state index contributed by atoms with van der Waals surface area (Å²) in [6.45, 7) is 2.46. The van der Waals surface area contributed by atoms with E-state index in [0.717, 1.165) is 5.56 Å². The number of halogens is 1. The number of carbonyl (C=O) groups excluding carboxylic acids is 1. The third-order valence-corrected chi connectivity index (χ3v) is 3.16. The molecule has 0 spiro atoms. The molecule has 4 nitrogen and oxygen atoms in total. The minimum absolute atomic E-state index is 0.0988. The first-order valence-electron chi connectivity index (χ1n) is 7.17. The first-order valence-corrected chi connectivity index (χ1v) is 7.17. The van der Waals surface area contributed by atoms with E-state index in [-0.39, 0.29) is 11.6 Å². The summed E-state index contributed by atoms with van der Waals surface area (Å²) in [6.07, 6.45) is 1.61. The Balaban J connectivity index is 1.90. The highest BCUT2D eigenvalue weighted by Crippen LogP contribution is 2.21. The predicted molar refractivity (Wildman–Crippen MR) is 84.6 cm³/mol. The van der Waals surface area contributed by atoms with Crippen molar-refractivity contribution in [2.24, 2.45) is 4.99 Å². The molecule has 5 heteroatoms. The summed E-state index contributed by atoms with van der Waals surface area (Å²) in [5, 5.41) is 0. The van der Waals surface area contributed by atoms with Gasteiger partial charge >= 0.3 is 5.97 Å². The Bertz CT molecular complexity index is 811. The second kappa shape index (κ2) is 6.44. The zero-order chi connectivity index (χ0) is 16.2. The normalized spacial score (nSPS) is 15.5. The summed E-state index contributed by atoms with van der Waals surface area (Å²) in [4.78, 5) is 16.1. The third-order valence-electron chi connectivity index (χ3n) is 3.16. The van der Waals surface area contributed by atoms with Gasteiger partial charge in [-0.1, -0.05) is 18.2 Å². The summed E-state index contributed by atoms with van der Waals surface area (Å²) in [5.41, 5.74) is 1.36. The molecule has 116 valence electrons. The van der Waals surface area contributed by atoms with Gasteiger partial charge in [0, 0.05) is 5.56 Å². The Morgan fingerprint density at radius 3 is 2.83 bits per heavy atom. The van der Waals surface area contributed by atoms with Crippen LogP contribution in [-0.4, -0.2) is 18.5 Å². The maximum atomic E-state index is 13.3. The van der Waals surface area contributed by atoms with Gasteiger partial charge < -0.3 is 9.47 Å². The van der Waals surface area contributed by atoms with Crippen molar-refractivity contribution in [2.45, 2.75) is 6.92 Å². The molecule has 1 aliphatic rings. The van der Waals surface area contributed by atoms with Gasteiger partial charge in [-0.25, -0.2) is 14.2 Å². The van der Waals surface area contributed by atoms with Crippen LogP contribution >= 0.6 is 0 Å². The Hall–Kier alpha value is -2.95. The number of rotatable bonds is 4. The van der Waals surface area contributed by atoms with Gasteiger partial charge in [-0.05, 0) is 48.9 Å². The molecule has 0 atom stereocenters. The number of ether oxygens (including phenoxy) is 2. The fourth-order valence-corrected chi connectivity index (χ4v) is 2.17. The molecule has 0 aliphatic carbocycles. The number of carbonyl (C=O) groups is 1. The minimum Gasteiger partial charge on any atom is -0.494 e. The molecule has 0 aromatic heterocycles. The lowest BCUT2D eigenvalue weighted by molar-refractivity contribution is -0.129. The van der Waals surface area contributed by atoms with Crippen LogP contribution in [0.4, 0.5) is 4.39 Å². The molecule has 0 saturated heterocycles. The van der Waals surface area contributed by atoms with Crippen LogP contribution in [0.15, 0.2) is 59.2 Å². The zero-order valence-corrected chi connectivity index (χ0v) is 12.5. The van der Waals surface area contributed by atoms with Crippen LogP contribution in [0.1, 0.15) is 18.1 Å². The number of cyclic esters (lactones) is 1. The molecule has 2 aromatic carbocycles. The fraction of sp³-hybridized carbons (Fsp3) is 0.111. The number of benzene rings is 2. The lowest BCUT2D eigenvalue weighted by atomic mass is 10.2. The van der Waals surface area contributed by atoms with Gasteiger partial charge in [-0.2, -0.15) is 0 Å². The predicted octanol–water partition coefficient (Wildman–Crippen LogP) is 3.57. The molecule has 1 heterocycles. The van der Waals surface area contributed by atoms with Crippen LogP contribution in [0.5, 0.6) is 5.75 Å². The molecule has 0 fully saturated rings. The molecule has 2 aromatic rings. The Morgan fingerprint density at radius 2 is 2.04 bits per heavy atom. The zero-order valence-electron chi connectivity index (χ0n) is 12.5. The van der Waals surface area contributed by atoms with Gasteiger partial charge in [-0.3, -0.25) is 0 Å². The van der Waals surface area contributed by atoms with Crippen molar-refractivity contribution in [1.82, 2.24) is 0 Å². The fourth-order valence-electron chi connectivity index (χ4n) is 2.17. The highest BCUT2D eigenvalue weighted by Gasteiger charge is 2.24. The maximum absolute atomic E-state index is 13.3. The number of hydrogen-bond donors (Lipinski definition) is 0. The number of esters is 1. The minimum atomic E-state index is -0.564. The first kappa shape index (κ1) is 15.0. The molecular formula is C18H14FNO3. The quantitative estimate of drug-likeness (QED) is 0.640. The average Bonchev–Trinajstić information content (AvgIpc) is 2.89. The van der Waals surface area contributed by atoms with Crippen molar-refractivity contribution in [1.29, 1.82) is 0 Å². The molecule has 0 saturated carbocycles. The van der Waals surface area contributed by atoms with Crippen molar-refractivity contribution in [2.75, 3.05) is 6.61 Å². The van der Waals surface area contributed by atoms with E-state index >= 15 is 0 Å². The summed E-state index contributed by atoms with van der Waals surface area (Å²) >= 11 is 0. The van der Waals surface area contributed by atoms with Crippen LogP contribution in [-0.2, 0) is 9.53 Å². The summed E-state index contributed by atoms with van der Waals surface area (Å²) in [5.74, 6) is -0.168. The summed E-state index contributed by atoms with van der Waals surface area (Å²) in [7, 11) is 0. The molecule has 0 radical (unpaired) electrons. The van der Waals surface area contributed by atoms with Gasteiger partial charge in [0.25, 0.3) is 0 Å². The lowest BCUT2D eigenvalue weighted by Gasteiger charge is -2.03. The molecular weight excluding hydrogens is 297 g/mol. The first-order chi connectivity index (χ1) is 11.2. The molecule has 0 unspecified atom stereocenters. The number of nitrogens with zero attached hydrogens (tertiary/aromatic N) is 1.